The van der Waals surface area contributed by atoms with Crippen LogP contribution in [0.5, 0.6) is 0 Å². The quantitative estimate of drug-likeness (QED) is 0.604. The number of nitrogens with zero attached hydrogens (tertiary/aromatic N) is 1. The third-order valence-corrected chi connectivity index (χ3v) is 2.31. The molecular weight excluding hydrogens is 170 g/mol. The van der Waals surface area contributed by atoms with Gasteiger partial charge in [-0.25, -0.2) is 4.79 Å². The van der Waals surface area contributed by atoms with Crippen LogP contribution in [0.4, 0.5) is 4.79 Å². The minimum absolute atomic E-state index is 0.101. The van der Waals surface area contributed by atoms with Crippen LogP contribution in [0.15, 0.2) is 0 Å². The molecular formula is C8H15N3O2. The van der Waals surface area contributed by atoms with E-state index in [2.05, 4.69) is 0 Å². The number of primary amides is 1. The first kappa shape index (κ1) is 9.98. The molecule has 13 heavy (non-hydrogen) atoms. The molecule has 0 bridgehead atoms. The normalized spacial score (nSPS) is 24.5. The number of rotatable bonds is 2. The Labute approximate surface area is 77.1 Å². The van der Waals surface area contributed by atoms with Crippen LogP contribution in [0.25, 0.3) is 0 Å². The van der Waals surface area contributed by atoms with Gasteiger partial charge in [0, 0.05) is 6.54 Å². The molecule has 0 aromatic carbocycles. The van der Waals surface area contributed by atoms with E-state index in [0.29, 0.717) is 13.0 Å². The Morgan fingerprint density at radius 3 is 2.62 bits per heavy atom. The molecule has 2 atom stereocenters. The van der Waals surface area contributed by atoms with E-state index in [9.17, 15) is 9.59 Å². The highest BCUT2D eigenvalue weighted by atomic mass is 16.2. The Bertz CT molecular complexity index is 227. The molecule has 0 aromatic rings. The number of urea groups is 1. The van der Waals surface area contributed by atoms with Gasteiger partial charge < -0.3 is 16.4 Å². The van der Waals surface area contributed by atoms with E-state index in [1.165, 1.54) is 4.90 Å². The van der Waals surface area contributed by atoms with Gasteiger partial charge in [0.15, 0.2) is 5.78 Å². The predicted octanol–water partition coefficient (Wildman–Crippen LogP) is -0.554. The molecule has 1 aliphatic rings. The van der Waals surface area contributed by atoms with Crippen LogP contribution in [0.3, 0.4) is 0 Å². The summed E-state index contributed by atoms with van der Waals surface area (Å²) < 4.78 is 0. The summed E-state index contributed by atoms with van der Waals surface area (Å²) in [6.45, 7) is 2.19. The molecule has 4 N–H and O–H groups in total. The number of Topliss-reactive ketones (excluding diaryl/α,β-unsaturated/α-hetero) is 1. The molecule has 0 aliphatic carbocycles. The standard InChI is InChI=1S/C8H15N3O2/c1-5(9)7(12)6-3-2-4-11(6)8(10)13/h5-6H,2-4,9H2,1H3,(H2,10,13)/t5-,6?/m0/s1. The lowest BCUT2D eigenvalue weighted by atomic mass is 10.1. The van der Waals surface area contributed by atoms with Crippen LogP contribution in [-0.4, -0.2) is 35.3 Å². The van der Waals surface area contributed by atoms with Gasteiger partial charge in [-0.3, -0.25) is 4.79 Å². The summed E-state index contributed by atoms with van der Waals surface area (Å²) in [6.07, 6.45) is 1.51. The van der Waals surface area contributed by atoms with Crippen LogP contribution in [0.2, 0.25) is 0 Å². The lowest BCUT2D eigenvalue weighted by Crippen LogP contribution is -2.48. The summed E-state index contributed by atoms with van der Waals surface area (Å²) in [6, 6.07) is -1.45. The lowest BCUT2D eigenvalue weighted by Gasteiger charge is -2.22. The van der Waals surface area contributed by atoms with Gasteiger partial charge >= 0.3 is 6.03 Å². The zero-order valence-electron chi connectivity index (χ0n) is 7.69. The minimum atomic E-state index is -0.531. The average Bonchev–Trinajstić information content (AvgIpc) is 2.50. The minimum Gasteiger partial charge on any atom is -0.351 e. The molecule has 0 spiro atoms. The van der Waals surface area contributed by atoms with E-state index >= 15 is 0 Å². The summed E-state index contributed by atoms with van der Waals surface area (Å²) in [5.74, 6) is -0.101. The first-order valence-corrected chi connectivity index (χ1v) is 4.39. The number of nitrogens with two attached hydrogens (primary N) is 2. The third-order valence-electron chi connectivity index (χ3n) is 2.31. The number of amides is 2. The summed E-state index contributed by atoms with van der Waals surface area (Å²) in [5, 5.41) is 0. The number of carbonyl (C=O) groups is 2. The fraction of sp³-hybridized carbons (Fsp3) is 0.750. The van der Waals surface area contributed by atoms with Gasteiger partial charge in [-0.15, -0.1) is 0 Å². The second-order valence-corrected chi connectivity index (χ2v) is 3.38. The van der Waals surface area contributed by atoms with E-state index in [1.807, 2.05) is 0 Å². The van der Waals surface area contributed by atoms with Crippen molar-refractivity contribution >= 4 is 11.8 Å². The summed E-state index contributed by atoms with van der Waals surface area (Å²) >= 11 is 0. The summed E-state index contributed by atoms with van der Waals surface area (Å²) in [5.41, 5.74) is 10.6. The first-order chi connectivity index (χ1) is 6.04. The molecule has 0 saturated carbocycles. The molecule has 1 unspecified atom stereocenters. The molecule has 1 aliphatic heterocycles. The molecule has 1 rings (SSSR count). The van der Waals surface area contributed by atoms with Crippen LogP contribution in [0, 0.1) is 0 Å². The van der Waals surface area contributed by atoms with Crippen molar-refractivity contribution in [2.24, 2.45) is 11.5 Å². The van der Waals surface area contributed by atoms with Crippen molar-refractivity contribution in [3.63, 3.8) is 0 Å². The maximum atomic E-state index is 11.5. The SMILES string of the molecule is C[C@H](N)C(=O)C1CCCN1C(N)=O. The number of hydrogen-bond acceptors (Lipinski definition) is 3. The Kier molecular flexibility index (Phi) is 2.87. The number of hydrogen-bond donors (Lipinski definition) is 2. The van der Waals surface area contributed by atoms with Gasteiger partial charge in [-0.1, -0.05) is 0 Å². The van der Waals surface area contributed by atoms with E-state index in [0.717, 1.165) is 6.42 Å². The van der Waals surface area contributed by atoms with Crippen molar-refractivity contribution in [2.75, 3.05) is 6.54 Å². The molecule has 0 radical (unpaired) electrons. The molecule has 1 saturated heterocycles. The molecule has 1 fully saturated rings. The fourth-order valence-electron chi connectivity index (χ4n) is 1.63. The van der Waals surface area contributed by atoms with E-state index in [4.69, 9.17) is 11.5 Å². The van der Waals surface area contributed by atoms with Crippen LogP contribution < -0.4 is 11.5 Å². The van der Waals surface area contributed by atoms with Gasteiger partial charge in [-0.2, -0.15) is 0 Å². The van der Waals surface area contributed by atoms with E-state index < -0.39 is 18.1 Å². The van der Waals surface area contributed by atoms with Crippen molar-refractivity contribution < 1.29 is 9.59 Å². The highest BCUT2D eigenvalue weighted by Crippen LogP contribution is 2.18. The average molecular weight is 185 g/mol. The summed E-state index contributed by atoms with van der Waals surface area (Å²) in [7, 11) is 0. The third kappa shape index (κ3) is 1.98. The number of likely N-dealkylation sites (tertiary alicyclic amines) is 1. The van der Waals surface area contributed by atoms with Gasteiger partial charge in [0.1, 0.15) is 0 Å². The topological polar surface area (TPSA) is 89.4 Å². The van der Waals surface area contributed by atoms with E-state index in [1.54, 1.807) is 6.92 Å². The Morgan fingerprint density at radius 2 is 2.15 bits per heavy atom. The number of ketones is 1. The van der Waals surface area contributed by atoms with Gasteiger partial charge in [-0.05, 0) is 19.8 Å². The molecule has 2 amide bonds. The maximum Gasteiger partial charge on any atom is 0.315 e. The van der Waals surface area contributed by atoms with Gasteiger partial charge in [0.05, 0.1) is 12.1 Å². The molecule has 5 heteroatoms. The van der Waals surface area contributed by atoms with Crippen molar-refractivity contribution in [1.29, 1.82) is 0 Å². The highest BCUT2D eigenvalue weighted by Gasteiger charge is 2.33. The second kappa shape index (κ2) is 3.74. The Morgan fingerprint density at radius 1 is 1.54 bits per heavy atom. The number of carbonyl (C=O) groups excluding carboxylic acids is 2. The smallest absolute Gasteiger partial charge is 0.315 e. The highest BCUT2D eigenvalue weighted by molar-refractivity contribution is 5.92. The van der Waals surface area contributed by atoms with Crippen molar-refractivity contribution in [1.82, 2.24) is 4.90 Å². The second-order valence-electron chi connectivity index (χ2n) is 3.38. The Balaban J connectivity index is 2.68. The van der Waals surface area contributed by atoms with Gasteiger partial charge in [0.25, 0.3) is 0 Å². The first-order valence-electron chi connectivity index (χ1n) is 4.39. The van der Waals surface area contributed by atoms with Crippen LogP contribution in [0.1, 0.15) is 19.8 Å². The predicted molar refractivity (Wildman–Crippen MR) is 48.0 cm³/mol. The summed E-state index contributed by atoms with van der Waals surface area (Å²) in [4.78, 5) is 23.8. The zero-order chi connectivity index (χ0) is 10.0. The maximum absolute atomic E-state index is 11.5. The molecule has 5 nitrogen and oxygen atoms in total. The van der Waals surface area contributed by atoms with Crippen LogP contribution >= 0.6 is 0 Å². The largest absolute Gasteiger partial charge is 0.351 e. The van der Waals surface area contributed by atoms with E-state index in [-0.39, 0.29) is 5.78 Å². The monoisotopic (exact) mass is 185 g/mol. The molecule has 1 heterocycles. The Hall–Kier alpha value is -1.10. The zero-order valence-corrected chi connectivity index (χ0v) is 7.69. The van der Waals surface area contributed by atoms with Crippen molar-refractivity contribution in [3.8, 4) is 0 Å². The van der Waals surface area contributed by atoms with Gasteiger partial charge in [0.2, 0.25) is 0 Å². The fourth-order valence-corrected chi connectivity index (χ4v) is 1.63. The molecule has 74 valence electrons. The van der Waals surface area contributed by atoms with Crippen molar-refractivity contribution in [2.45, 2.75) is 31.8 Å². The lowest BCUT2D eigenvalue weighted by molar-refractivity contribution is -0.123. The van der Waals surface area contributed by atoms with Crippen molar-refractivity contribution in [3.05, 3.63) is 0 Å². The van der Waals surface area contributed by atoms with Crippen LogP contribution in [-0.2, 0) is 4.79 Å². The molecule has 0 aromatic heterocycles.